The normalized spacial score (nSPS) is 20.9. The zero-order chi connectivity index (χ0) is 11.7. The van der Waals surface area contributed by atoms with E-state index in [4.69, 9.17) is 5.73 Å². The monoisotopic (exact) mass is 243 g/mol. The minimum Gasteiger partial charge on any atom is -0.323 e. The predicted octanol–water partition coefficient (Wildman–Crippen LogP) is 3.87. The summed E-state index contributed by atoms with van der Waals surface area (Å²) in [7, 11) is 0. The van der Waals surface area contributed by atoms with Gasteiger partial charge in [0.2, 0.25) is 0 Å². The summed E-state index contributed by atoms with van der Waals surface area (Å²) in [5.74, 6) is 0.495. The van der Waals surface area contributed by atoms with Gasteiger partial charge in [0.1, 0.15) is 0 Å². The van der Waals surface area contributed by atoms with Crippen molar-refractivity contribution in [2.24, 2.45) is 5.73 Å². The smallest absolute Gasteiger partial charge is 0.0372 e. The van der Waals surface area contributed by atoms with Crippen LogP contribution in [0.25, 0.3) is 0 Å². The lowest BCUT2D eigenvalue weighted by atomic mass is 9.77. The maximum Gasteiger partial charge on any atom is 0.0372 e. The van der Waals surface area contributed by atoms with Crippen molar-refractivity contribution in [1.82, 2.24) is 0 Å². The molecule has 2 heteroatoms. The van der Waals surface area contributed by atoms with Crippen LogP contribution in [0.5, 0.6) is 0 Å². The topological polar surface area (TPSA) is 26.0 Å². The SMILES string of the molecule is NC(c1ccsc1)C1CCCc2ccccc21. The highest BCUT2D eigenvalue weighted by atomic mass is 32.1. The van der Waals surface area contributed by atoms with Crippen LogP contribution in [0.15, 0.2) is 41.1 Å². The number of hydrogen-bond donors (Lipinski definition) is 1. The van der Waals surface area contributed by atoms with E-state index in [2.05, 4.69) is 41.1 Å². The van der Waals surface area contributed by atoms with E-state index in [1.165, 1.54) is 36.0 Å². The Morgan fingerprint density at radius 2 is 2.12 bits per heavy atom. The Hall–Kier alpha value is -1.12. The van der Waals surface area contributed by atoms with Gasteiger partial charge >= 0.3 is 0 Å². The van der Waals surface area contributed by atoms with Gasteiger partial charge < -0.3 is 5.73 Å². The van der Waals surface area contributed by atoms with E-state index in [1.54, 1.807) is 11.3 Å². The second-order valence-electron chi connectivity index (χ2n) is 4.78. The quantitative estimate of drug-likeness (QED) is 0.851. The Balaban J connectivity index is 1.95. The number of benzene rings is 1. The molecule has 88 valence electrons. The van der Waals surface area contributed by atoms with E-state index >= 15 is 0 Å². The molecule has 1 aromatic heterocycles. The van der Waals surface area contributed by atoms with Crippen molar-refractivity contribution in [3.8, 4) is 0 Å². The van der Waals surface area contributed by atoms with E-state index < -0.39 is 0 Å². The average molecular weight is 243 g/mol. The summed E-state index contributed by atoms with van der Waals surface area (Å²) in [6.45, 7) is 0. The standard InChI is InChI=1S/C15H17NS/c16-15(12-8-9-17-10-12)14-7-3-5-11-4-1-2-6-13(11)14/h1-2,4,6,8-10,14-15H,3,5,7,16H2. The summed E-state index contributed by atoms with van der Waals surface area (Å²) in [4.78, 5) is 0. The van der Waals surface area contributed by atoms with Crippen LogP contribution in [0.3, 0.4) is 0 Å². The second kappa shape index (κ2) is 4.63. The minimum atomic E-state index is 0.155. The zero-order valence-electron chi connectivity index (χ0n) is 9.80. The molecule has 0 spiro atoms. The van der Waals surface area contributed by atoms with Crippen molar-refractivity contribution >= 4 is 11.3 Å². The average Bonchev–Trinajstić information content (AvgIpc) is 2.91. The maximum atomic E-state index is 6.44. The van der Waals surface area contributed by atoms with Crippen LogP contribution in [-0.4, -0.2) is 0 Å². The molecule has 0 saturated heterocycles. The summed E-state index contributed by atoms with van der Waals surface area (Å²) < 4.78 is 0. The molecule has 2 N–H and O–H groups in total. The third-order valence-electron chi connectivity index (χ3n) is 3.78. The lowest BCUT2D eigenvalue weighted by molar-refractivity contribution is 0.475. The lowest BCUT2D eigenvalue weighted by Gasteiger charge is -2.30. The molecule has 0 saturated carbocycles. The highest BCUT2D eigenvalue weighted by molar-refractivity contribution is 7.07. The molecule has 0 fully saturated rings. The Kier molecular flexibility index (Phi) is 3.00. The van der Waals surface area contributed by atoms with Crippen LogP contribution in [0, 0.1) is 0 Å². The first-order chi connectivity index (χ1) is 8.36. The molecule has 0 bridgehead atoms. The van der Waals surface area contributed by atoms with E-state index in [1.807, 2.05) is 0 Å². The van der Waals surface area contributed by atoms with Crippen LogP contribution in [0.2, 0.25) is 0 Å². The number of aryl methyl sites for hydroxylation is 1. The van der Waals surface area contributed by atoms with Crippen LogP contribution in [0.1, 0.15) is 41.5 Å². The number of nitrogens with two attached hydrogens (primary N) is 1. The molecule has 3 rings (SSSR count). The Bertz CT molecular complexity index is 489. The fourth-order valence-corrected chi connectivity index (χ4v) is 3.57. The van der Waals surface area contributed by atoms with Crippen LogP contribution < -0.4 is 5.73 Å². The van der Waals surface area contributed by atoms with Crippen LogP contribution in [-0.2, 0) is 6.42 Å². The molecule has 1 nitrogen and oxygen atoms in total. The second-order valence-corrected chi connectivity index (χ2v) is 5.56. The van der Waals surface area contributed by atoms with Gasteiger partial charge in [0.05, 0.1) is 0 Å². The number of fused-ring (bicyclic) bond motifs is 1. The van der Waals surface area contributed by atoms with Crippen molar-refractivity contribution < 1.29 is 0 Å². The Labute approximate surface area is 106 Å². The molecule has 0 amide bonds. The van der Waals surface area contributed by atoms with Gasteiger partial charge in [-0.15, -0.1) is 0 Å². The number of thiophene rings is 1. The molecule has 2 atom stereocenters. The van der Waals surface area contributed by atoms with Gasteiger partial charge in [-0.25, -0.2) is 0 Å². The van der Waals surface area contributed by atoms with Gasteiger partial charge in [0, 0.05) is 12.0 Å². The summed E-state index contributed by atoms with van der Waals surface area (Å²) in [5, 5.41) is 4.30. The molecule has 1 aromatic carbocycles. The lowest BCUT2D eigenvalue weighted by Crippen LogP contribution is -2.23. The van der Waals surface area contributed by atoms with E-state index in [-0.39, 0.29) is 6.04 Å². The molecular weight excluding hydrogens is 226 g/mol. The molecule has 1 aliphatic rings. The molecule has 17 heavy (non-hydrogen) atoms. The molecule has 2 unspecified atom stereocenters. The van der Waals surface area contributed by atoms with Crippen molar-refractivity contribution in [2.45, 2.75) is 31.2 Å². The summed E-state index contributed by atoms with van der Waals surface area (Å²) >= 11 is 1.73. The first kappa shape index (κ1) is 11.0. The van der Waals surface area contributed by atoms with Gasteiger partial charge in [-0.05, 0) is 52.8 Å². The molecule has 2 aromatic rings. The van der Waals surface area contributed by atoms with E-state index in [0.717, 1.165) is 0 Å². The molecular formula is C15H17NS. The predicted molar refractivity (Wildman–Crippen MR) is 73.4 cm³/mol. The van der Waals surface area contributed by atoms with Gasteiger partial charge in [-0.1, -0.05) is 24.3 Å². The number of rotatable bonds is 2. The van der Waals surface area contributed by atoms with Gasteiger partial charge in [-0.2, -0.15) is 11.3 Å². The molecule has 0 aliphatic heterocycles. The molecule has 0 radical (unpaired) electrons. The summed E-state index contributed by atoms with van der Waals surface area (Å²) in [6.07, 6.45) is 3.69. The van der Waals surface area contributed by atoms with Gasteiger partial charge in [-0.3, -0.25) is 0 Å². The Morgan fingerprint density at radius 3 is 2.94 bits per heavy atom. The van der Waals surface area contributed by atoms with Crippen molar-refractivity contribution in [1.29, 1.82) is 0 Å². The van der Waals surface area contributed by atoms with Gasteiger partial charge in [0.25, 0.3) is 0 Å². The Morgan fingerprint density at radius 1 is 1.24 bits per heavy atom. The highest BCUT2D eigenvalue weighted by Crippen LogP contribution is 2.39. The zero-order valence-corrected chi connectivity index (χ0v) is 10.6. The van der Waals surface area contributed by atoms with Crippen LogP contribution in [0.4, 0.5) is 0 Å². The first-order valence-electron chi connectivity index (χ1n) is 6.22. The molecule has 1 heterocycles. The highest BCUT2D eigenvalue weighted by Gasteiger charge is 2.26. The maximum absolute atomic E-state index is 6.44. The third kappa shape index (κ3) is 2.03. The first-order valence-corrected chi connectivity index (χ1v) is 7.16. The summed E-state index contributed by atoms with van der Waals surface area (Å²) in [6, 6.07) is 11.1. The van der Waals surface area contributed by atoms with E-state index in [9.17, 15) is 0 Å². The third-order valence-corrected chi connectivity index (χ3v) is 4.48. The van der Waals surface area contributed by atoms with Crippen molar-refractivity contribution in [2.75, 3.05) is 0 Å². The summed E-state index contributed by atoms with van der Waals surface area (Å²) in [5.41, 5.74) is 10.7. The van der Waals surface area contributed by atoms with Crippen LogP contribution >= 0.6 is 11.3 Å². The fourth-order valence-electron chi connectivity index (χ4n) is 2.86. The minimum absolute atomic E-state index is 0.155. The number of hydrogen-bond acceptors (Lipinski definition) is 2. The molecule has 1 aliphatic carbocycles. The van der Waals surface area contributed by atoms with Crippen molar-refractivity contribution in [3.63, 3.8) is 0 Å². The van der Waals surface area contributed by atoms with E-state index in [0.29, 0.717) is 5.92 Å². The largest absolute Gasteiger partial charge is 0.323 e. The van der Waals surface area contributed by atoms with Gasteiger partial charge in [0.15, 0.2) is 0 Å². The fraction of sp³-hybridized carbons (Fsp3) is 0.333. The van der Waals surface area contributed by atoms with Crippen molar-refractivity contribution in [3.05, 3.63) is 57.8 Å².